The van der Waals surface area contributed by atoms with Crippen LogP contribution in [0, 0.1) is 5.92 Å². The number of piperidine rings is 1. The molecule has 0 bridgehead atoms. The average molecular weight is 469 g/mol. The van der Waals surface area contributed by atoms with Gasteiger partial charge in [-0.25, -0.2) is 4.79 Å². The zero-order valence-corrected chi connectivity index (χ0v) is 17.7. The normalized spacial score (nSPS) is 15.5. The summed E-state index contributed by atoms with van der Waals surface area (Å²) in [6, 6.07) is 0.222. The molecular formula is C16H32IN5O3. The molecule has 4 N–H and O–H groups in total. The van der Waals surface area contributed by atoms with E-state index in [9.17, 15) is 9.59 Å². The molecule has 9 heteroatoms. The summed E-state index contributed by atoms with van der Waals surface area (Å²) in [5.74, 6) is 0.471. The van der Waals surface area contributed by atoms with E-state index in [0.717, 1.165) is 19.3 Å². The van der Waals surface area contributed by atoms with Gasteiger partial charge in [0.1, 0.15) is 0 Å². The maximum atomic E-state index is 11.6. The SMILES string of the molecule is CCOC(=O)N1CCC(NC(N)=NCCCNC(=O)C(C)C)CC1.I. The molecule has 2 amide bonds. The molecule has 0 unspecified atom stereocenters. The van der Waals surface area contributed by atoms with E-state index in [0.29, 0.717) is 38.7 Å². The first-order valence-electron chi connectivity index (χ1n) is 8.69. The van der Waals surface area contributed by atoms with Crippen molar-refractivity contribution in [3.8, 4) is 0 Å². The second-order valence-corrected chi connectivity index (χ2v) is 6.17. The third-order valence-electron chi connectivity index (χ3n) is 3.81. The van der Waals surface area contributed by atoms with Gasteiger partial charge in [0, 0.05) is 38.1 Å². The van der Waals surface area contributed by atoms with Crippen LogP contribution in [0.4, 0.5) is 4.79 Å². The highest BCUT2D eigenvalue weighted by Gasteiger charge is 2.23. The van der Waals surface area contributed by atoms with Gasteiger partial charge < -0.3 is 26.0 Å². The number of carbonyl (C=O) groups excluding carboxylic acids is 2. The molecule has 0 aromatic carbocycles. The van der Waals surface area contributed by atoms with Crippen LogP contribution in [0.2, 0.25) is 0 Å². The molecule has 0 radical (unpaired) electrons. The Morgan fingerprint density at radius 3 is 2.52 bits per heavy atom. The number of carbonyl (C=O) groups is 2. The van der Waals surface area contributed by atoms with E-state index in [1.54, 1.807) is 11.8 Å². The molecule has 0 saturated carbocycles. The number of rotatable bonds is 7. The Bertz CT molecular complexity index is 437. The number of aliphatic imine (C=N–C) groups is 1. The minimum Gasteiger partial charge on any atom is -0.450 e. The first kappa shape index (κ1) is 23.7. The molecule has 25 heavy (non-hydrogen) atoms. The topological polar surface area (TPSA) is 109 Å². The van der Waals surface area contributed by atoms with Gasteiger partial charge in [-0.05, 0) is 26.2 Å². The lowest BCUT2D eigenvalue weighted by Gasteiger charge is -2.31. The fourth-order valence-corrected chi connectivity index (χ4v) is 2.37. The van der Waals surface area contributed by atoms with Crippen LogP contribution in [-0.4, -0.2) is 61.7 Å². The molecule has 0 atom stereocenters. The molecule has 0 aliphatic carbocycles. The van der Waals surface area contributed by atoms with Gasteiger partial charge in [0.15, 0.2) is 5.96 Å². The summed E-state index contributed by atoms with van der Waals surface area (Å²) in [6.45, 7) is 8.41. The monoisotopic (exact) mass is 469 g/mol. The van der Waals surface area contributed by atoms with Crippen LogP contribution in [0.15, 0.2) is 4.99 Å². The smallest absolute Gasteiger partial charge is 0.409 e. The number of nitrogens with two attached hydrogens (primary N) is 1. The lowest BCUT2D eigenvalue weighted by atomic mass is 10.1. The van der Waals surface area contributed by atoms with Crippen LogP contribution < -0.4 is 16.4 Å². The number of likely N-dealkylation sites (tertiary alicyclic amines) is 1. The molecule has 1 heterocycles. The molecule has 146 valence electrons. The predicted molar refractivity (Wildman–Crippen MR) is 109 cm³/mol. The maximum Gasteiger partial charge on any atom is 0.409 e. The van der Waals surface area contributed by atoms with E-state index >= 15 is 0 Å². The fraction of sp³-hybridized carbons (Fsp3) is 0.812. The highest BCUT2D eigenvalue weighted by atomic mass is 127. The van der Waals surface area contributed by atoms with E-state index in [2.05, 4.69) is 15.6 Å². The van der Waals surface area contributed by atoms with Crippen LogP contribution in [0.5, 0.6) is 0 Å². The Hall–Kier alpha value is -1.26. The lowest BCUT2D eigenvalue weighted by molar-refractivity contribution is -0.123. The van der Waals surface area contributed by atoms with Crippen molar-refractivity contribution in [2.24, 2.45) is 16.6 Å². The maximum absolute atomic E-state index is 11.6. The first-order chi connectivity index (χ1) is 11.4. The molecule has 0 aromatic rings. The Kier molecular flexibility index (Phi) is 12.4. The molecule has 1 aliphatic rings. The molecule has 1 fully saturated rings. The highest BCUT2D eigenvalue weighted by molar-refractivity contribution is 14.0. The summed E-state index contributed by atoms with van der Waals surface area (Å²) < 4.78 is 4.99. The van der Waals surface area contributed by atoms with E-state index in [-0.39, 0.29) is 47.9 Å². The third kappa shape index (κ3) is 9.71. The Balaban J connectivity index is 0.00000576. The third-order valence-corrected chi connectivity index (χ3v) is 3.81. The molecule has 1 saturated heterocycles. The molecule has 0 aromatic heterocycles. The minimum atomic E-state index is -0.249. The van der Waals surface area contributed by atoms with Crippen molar-refractivity contribution in [1.29, 1.82) is 0 Å². The largest absolute Gasteiger partial charge is 0.450 e. The van der Waals surface area contributed by atoms with Gasteiger partial charge in [0.05, 0.1) is 6.61 Å². The number of hydrogen-bond donors (Lipinski definition) is 3. The molecular weight excluding hydrogens is 437 g/mol. The highest BCUT2D eigenvalue weighted by Crippen LogP contribution is 2.11. The molecule has 0 spiro atoms. The van der Waals surface area contributed by atoms with Gasteiger partial charge in [-0.15, -0.1) is 24.0 Å². The van der Waals surface area contributed by atoms with Crippen molar-refractivity contribution in [1.82, 2.24) is 15.5 Å². The number of nitrogens with zero attached hydrogens (tertiary/aromatic N) is 2. The molecule has 8 nitrogen and oxygen atoms in total. The van der Waals surface area contributed by atoms with Crippen molar-refractivity contribution >= 4 is 41.9 Å². The Labute approximate surface area is 167 Å². The van der Waals surface area contributed by atoms with Crippen molar-refractivity contribution in [2.75, 3.05) is 32.8 Å². The molecule has 1 rings (SSSR count). The number of ether oxygens (including phenoxy) is 1. The summed E-state index contributed by atoms with van der Waals surface area (Å²) in [5, 5.41) is 6.03. The Morgan fingerprint density at radius 2 is 1.96 bits per heavy atom. The van der Waals surface area contributed by atoms with Crippen LogP contribution in [0.1, 0.15) is 40.0 Å². The van der Waals surface area contributed by atoms with Crippen LogP contribution in [0.25, 0.3) is 0 Å². The fourth-order valence-electron chi connectivity index (χ4n) is 2.37. The van der Waals surface area contributed by atoms with Crippen LogP contribution in [-0.2, 0) is 9.53 Å². The predicted octanol–water partition coefficient (Wildman–Crippen LogP) is 1.29. The summed E-state index contributed by atoms with van der Waals surface area (Å²) in [4.78, 5) is 29.0. The van der Waals surface area contributed by atoms with Gasteiger partial charge in [-0.3, -0.25) is 9.79 Å². The van der Waals surface area contributed by atoms with Gasteiger partial charge in [-0.2, -0.15) is 0 Å². The first-order valence-corrected chi connectivity index (χ1v) is 8.69. The Morgan fingerprint density at radius 1 is 1.32 bits per heavy atom. The standard InChI is InChI=1S/C16H31N5O3.HI/c1-4-24-16(23)21-10-6-13(7-11-21)20-15(17)19-9-5-8-18-14(22)12(2)3;/h12-13H,4-11H2,1-3H3,(H,18,22)(H3,17,19,20);1H. The summed E-state index contributed by atoms with van der Waals surface area (Å²) >= 11 is 0. The minimum absolute atomic E-state index is 0. The second kappa shape index (κ2) is 13.0. The zero-order valence-electron chi connectivity index (χ0n) is 15.4. The van der Waals surface area contributed by atoms with Crippen molar-refractivity contribution < 1.29 is 14.3 Å². The second-order valence-electron chi connectivity index (χ2n) is 6.17. The quantitative estimate of drug-likeness (QED) is 0.225. The number of hydrogen-bond acceptors (Lipinski definition) is 4. The van der Waals surface area contributed by atoms with Crippen LogP contribution >= 0.6 is 24.0 Å². The molecule has 1 aliphatic heterocycles. The lowest BCUT2D eigenvalue weighted by Crippen LogP contribution is -2.48. The van der Waals surface area contributed by atoms with Crippen molar-refractivity contribution in [3.05, 3.63) is 0 Å². The summed E-state index contributed by atoms with van der Waals surface area (Å²) in [7, 11) is 0. The number of guanidine groups is 1. The van der Waals surface area contributed by atoms with Crippen molar-refractivity contribution in [2.45, 2.75) is 46.1 Å². The number of halogens is 1. The summed E-state index contributed by atoms with van der Waals surface area (Å²) in [6.07, 6.45) is 2.14. The van der Waals surface area contributed by atoms with Gasteiger partial charge in [0.2, 0.25) is 5.91 Å². The van der Waals surface area contributed by atoms with Crippen molar-refractivity contribution in [3.63, 3.8) is 0 Å². The van der Waals surface area contributed by atoms with E-state index in [1.165, 1.54) is 0 Å². The van der Waals surface area contributed by atoms with Gasteiger partial charge in [-0.1, -0.05) is 13.8 Å². The van der Waals surface area contributed by atoms with E-state index < -0.39 is 0 Å². The van der Waals surface area contributed by atoms with Crippen LogP contribution in [0.3, 0.4) is 0 Å². The number of amides is 2. The van der Waals surface area contributed by atoms with Gasteiger partial charge >= 0.3 is 6.09 Å². The van der Waals surface area contributed by atoms with E-state index in [1.807, 2.05) is 13.8 Å². The average Bonchev–Trinajstić information content (AvgIpc) is 2.55. The summed E-state index contributed by atoms with van der Waals surface area (Å²) in [5.41, 5.74) is 5.88. The van der Waals surface area contributed by atoms with E-state index in [4.69, 9.17) is 10.5 Å². The zero-order chi connectivity index (χ0) is 17.9. The van der Waals surface area contributed by atoms with Gasteiger partial charge in [0.25, 0.3) is 0 Å². The number of nitrogens with one attached hydrogen (secondary N) is 2.